The lowest BCUT2D eigenvalue weighted by molar-refractivity contribution is 0.250. The average Bonchev–Trinajstić information content (AvgIpc) is 2.40. The van der Waals surface area contributed by atoms with Gasteiger partial charge in [-0.15, -0.1) is 0 Å². The summed E-state index contributed by atoms with van der Waals surface area (Å²) in [4.78, 5) is 0. The maximum atomic E-state index is 3.89. The SMILES string of the molecule is CCC1CCCC(NC(C)CC2CCCCN2)C1. The third-order valence-electron chi connectivity index (χ3n) is 4.93. The minimum atomic E-state index is 0.682. The lowest BCUT2D eigenvalue weighted by Crippen LogP contribution is -2.44. The van der Waals surface area contributed by atoms with Crippen molar-refractivity contribution in [3.8, 4) is 0 Å². The number of hydrogen-bond acceptors (Lipinski definition) is 2. The van der Waals surface area contributed by atoms with Crippen LogP contribution >= 0.6 is 0 Å². The van der Waals surface area contributed by atoms with Gasteiger partial charge < -0.3 is 10.6 Å². The molecule has 1 saturated carbocycles. The second-order valence-corrected chi connectivity index (χ2v) is 6.59. The second-order valence-electron chi connectivity index (χ2n) is 6.59. The lowest BCUT2D eigenvalue weighted by Gasteiger charge is -2.33. The van der Waals surface area contributed by atoms with Crippen LogP contribution in [0.4, 0.5) is 0 Å². The van der Waals surface area contributed by atoms with Crippen molar-refractivity contribution in [1.82, 2.24) is 10.6 Å². The van der Waals surface area contributed by atoms with Crippen molar-refractivity contribution in [2.75, 3.05) is 6.54 Å². The highest BCUT2D eigenvalue weighted by Gasteiger charge is 2.23. The topological polar surface area (TPSA) is 24.1 Å². The van der Waals surface area contributed by atoms with E-state index in [1.165, 1.54) is 64.3 Å². The van der Waals surface area contributed by atoms with Gasteiger partial charge in [0.1, 0.15) is 0 Å². The van der Waals surface area contributed by atoms with Crippen LogP contribution in [0.2, 0.25) is 0 Å². The number of hydrogen-bond donors (Lipinski definition) is 2. The molecule has 1 saturated heterocycles. The minimum Gasteiger partial charge on any atom is -0.314 e. The van der Waals surface area contributed by atoms with Gasteiger partial charge in [-0.25, -0.2) is 0 Å². The van der Waals surface area contributed by atoms with E-state index in [9.17, 15) is 0 Å². The maximum absolute atomic E-state index is 3.89. The van der Waals surface area contributed by atoms with Gasteiger partial charge in [0, 0.05) is 18.1 Å². The molecule has 18 heavy (non-hydrogen) atoms. The van der Waals surface area contributed by atoms with Crippen molar-refractivity contribution in [2.24, 2.45) is 5.92 Å². The molecule has 2 heteroatoms. The van der Waals surface area contributed by atoms with Gasteiger partial charge in [0.15, 0.2) is 0 Å². The molecule has 1 aliphatic carbocycles. The molecule has 0 aromatic carbocycles. The third kappa shape index (κ3) is 4.55. The molecule has 0 aromatic heterocycles. The Bertz CT molecular complexity index is 223. The zero-order valence-electron chi connectivity index (χ0n) is 12.4. The number of rotatable bonds is 5. The molecule has 1 heterocycles. The van der Waals surface area contributed by atoms with Gasteiger partial charge in [0.25, 0.3) is 0 Å². The van der Waals surface area contributed by atoms with Gasteiger partial charge in [0.2, 0.25) is 0 Å². The summed E-state index contributed by atoms with van der Waals surface area (Å²) in [6.07, 6.45) is 12.6. The van der Waals surface area contributed by atoms with Gasteiger partial charge in [-0.3, -0.25) is 0 Å². The molecule has 2 rings (SSSR count). The standard InChI is InChI=1S/C16H32N2/c1-3-14-7-6-9-16(12-14)18-13(2)11-15-8-4-5-10-17-15/h13-18H,3-12H2,1-2H3. The largest absolute Gasteiger partial charge is 0.314 e. The summed E-state index contributed by atoms with van der Waals surface area (Å²) < 4.78 is 0. The molecular formula is C16H32N2. The summed E-state index contributed by atoms with van der Waals surface area (Å²) in [6.45, 7) is 5.97. The Morgan fingerprint density at radius 1 is 1.17 bits per heavy atom. The van der Waals surface area contributed by atoms with E-state index in [0.29, 0.717) is 6.04 Å². The van der Waals surface area contributed by atoms with Gasteiger partial charge in [-0.1, -0.05) is 32.6 Å². The van der Waals surface area contributed by atoms with E-state index in [-0.39, 0.29) is 0 Å². The van der Waals surface area contributed by atoms with Crippen molar-refractivity contribution in [1.29, 1.82) is 0 Å². The molecule has 106 valence electrons. The molecule has 2 nitrogen and oxygen atoms in total. The van der Waals surface area contributed by atoms with Crippen LogP contribution in [-0.4, -0.2) is 24.7 Å². The monoisotopic (exact) mass is 252 g/mol. The molecule has 2 aliphatic rings. The summed E-state index contributed by atoms with van der Waals surface area (Å²) in [5.41, 5.74) is 0. The molecule has 4 atom stereocenters. The number of nitrogens with one attached hydrogen (secondary N) is 2. The second kappa shape index (κ2) is 7.49. The summed E-state index contributed by atoms with van der Waals surface area (Å²) in [6, 6.07) is 2.25. The van der Waals surface area contributed by atoms with Gasteiger partial charge in [-0.05, 0) is 51.5 Å². The fraction of sp³-hybridized carbons (Fsp3) is 1.00. The highest BCUT2D eigenvalue weighted by molar-refractivity contribution is 4.82. The molecule has 1 aliphatic heterocycles. The molecule has 0 aromatic rings. The Labute approximate surface area is 113 Å². The summed E-state index contributed by atoms with van der Waals surface area (Å²) >= 11 is 0. The van der Waals surface area contributed by atoms with Crippen LogP contribution in [0, 0.1) is 5.92 Å². The van der Waals surface area contributed by atoms with Crippen LogP contribution in [0.15, 0.2) is 0 Å². The number of piperidine rings is 1. The van der Waals surface area contributed by atoms with E-state index in [1.807, 2.05) is 0 Å². The first-order valence-corrected chi connectivity index (χ1v) is 8.27. The van der Waals surface area contributed by atoms with Crippen molar-refractivity contribution in [2.45, 2.75) is 89.8 Å². The summed E-state index contributed by atoms with van der Waals surface area (Å²) in [7, 11) is 0. The van der Waals surface area contributed by atoms with Crippen LogP contribution in [0.1, 0.15) is 71.6 Å². The molecular weight excluding hydrogens is 220 g/mol. The molecule has 2 N–H and O–H groups in total. The predicted octanol–water partition coefficient (Wildman–Crippen LogP) is 3.47. The molecule has 2 fully saturated rings. The van der Waals surface area contributed by atoms with Gasteiger partial charge in [-0.2, -0.15) is 0 Å². The van der Waals surface area contributed by atoms with Gasteiger partial charge >= 0.3 is 0 Å². The van der Waals surface area contributed by atoms with E-state index in [1.54, 1.807) is 0 Å². The zero-order valence-corrected chi connectivity index (χ0v) is 12.4. The fourth-order valence-corrected chi connectivity index (χ4v) is 3.84. The van der Waals surface area contributed by atoms with Crippen molar-refractivity contribution in [3.05, 3.63) is 0 Å². The Morgan fingerprint density at radius 3 is 2.78 bits per heavy atom. The molecule has 0 spiro atoms. The van der Waals surface area contributed by atoms with Crippen molar-refractivity contribution >= 4 is 0 Å². The summed E-state index contributed by atoms with van der Waals surface area (Å²) in [5.74, 6) is 0.983. The maximum Gasteiger partial charge on any atom is 0.00817 e. The Balaban J connectivity index is 1.67. The van der Waals surface area contributed by atoms with Crippen LogP contribution in [0.3, 0.4) is 0 Å². The van der Waals surface area contributed by atoms with Crippen LogP contribution in [-0.2, 0) is 0 Å². The van der Waals surface area contributed by atoms with E-state index in [4.69, 9.17) is 0 Å². The van der Waals surface area contributed by atoms with Gasteiger partial charge in [0.05, 0.1) is 0 Å². The molecule has 0 amide bonds. The first kappa shape index (κ1) is 14.3. The van der Waals surface area contributed by atoms with Crippen LogP contribution in [0.25, 0.3) is 0 Å². The highest BCUT2D eigenvalue weighted by Crippen LogP contribution is 2.27. The van der Waals surface area contributed by atoms with Crippen LogP contribution < -0.4 is 10.6 Å². The quantitative estimate of drug-likeness (QED) is 0.783. The van der Waals surface area contributed by atoms with E-state index in [2.05, 4.69) is 24.5 Å². The zero-order chi connectivity index (χ0) is 12.8. The third-order valence-corrected chi connectivity index (χ3v) is 4.93. The smallest absolute Gasteiger partial charge is 0.00817 e. The predicted molar refractivity (Wildman–Crippen MR) is 78.9 cm³/mol. The highest BCUT2D eigenvalue weighted by atomic mass is 15.0. The average molecular weight is 252 g/mol. The molecule has 4 unspecified atom stereocenters. The first-order chi connectivity index (χ1) is 8.78. The van der Waals surface area contributed by atoms with E-state index >= 15 is 0 Å². The lowest BCUT2D eigenvalue weighted by atomic mass is 9.84. The van der Waals surface area contributed by atoms with Crippen LogP contribution in [0.5, 0.6) is 0 Å². The van der Waals surface area contributed by atoms with Crippen molar-refractivity contribution < 1.29 is 0 Å². The normalized spacial score (nSPS) is 35.3. The minimum absolute atomic E-state index is 0.682. The van der Waals surface area contributed by atoms with E-state index in [0.717, 1.165) is 18.0 Å². The fourth-order valence-electron chi connectivity index (χ4n) is 3.84. The first-order valence-electron chi connectivity index (χ1n) is 8.27. The Hall–Kier alpha value is -0.0800. The molecule has 0 bridgehead atoms. The molecule has 0 radical (unpaired) electrons. The summed E-state index contributed by atoms with van der Waals surface area (Å²) in [5, 5.41) is 7.56. The Kier molecular flexibility index (Phi) is 5.97. The van der Waals surface area contributed by atoms with E-state index < -0.39 is 0 Å². The van der Waals surface area contributed by atoms with Crippen molar-refractivity contribution in [3.63, 3.8) is 0 Å². The Morgan fingerprint density at radius 2 is 2.06 bits per heavy atom.